The second-order valence-electron chi connectivity index (χ2n) is 7.12. The monoisotopic (exact) mass is 390 g/mol. The molecule has 0 aliphatic heterocycles. The zero-order chi connectivity index (χ0) is 21.1. The summed E-state index contributed by atoms with van der Waals surface area (Å²) in [5.74, 6) is 1.07. The molecule has 150 valence electrons. The summed E-state index contributed by atoms with van der Waals surface area (Å²) in [4.78, 5) is 9.27. The number of nitrogens with two attached hydrogens (primary N) is 2. The van der Waals surface area contributed by atoms with Crippen LogP contribution in [0.5, 0.6) is 0 Å². The predicted molar refractivity (Wildman–Crippen MR) is 118 cm³/mol. The molecule has 0 aliphatic rings. The number of benzene rings is 1. The number of allylic oxidation sites excluding steroid dienone is 2. The molecule has 1 aromatic carbocycles. The van der Waals surface area contributed by atoms with E-state index in [0.717, 1.165) is 34.0 Å². The fourth-order valence-corrected chi connectivity index (χ4v) is 2.89. The van der Waals surface area contributed by atoms with E-state index in [1.807, 2.05) is 26.1 Å². The fourth-order valence-electron chi connectivity index (χ4n) is 2.89. The highest BCUT2D eigenvalue weighted by molar-refractivity contribution is 6.07. The van der Waals surface area contributed by atoms with Crippen molar-refractivity contribution >= 4 is 22.3 Å². The van der Waals surface area contributed by atoms with Gasteiger partial charge in [0.1, 0.15) is 5.71 Å². The summed E-state index contributed by atoms with van der Waals surface area (Å²) in [6.07, 6.45) is 4.36. The van der Waals surface area contributed by atoms with Crippen LogP contribution in [0.1, 0.15) is 31.7 Å². The number of fused-ring (bicyclic) bond motifs is 1. The molecule has 5 N–H and O–H groups in total. The van der Waals surface area contributed by atoms with Gasteiger partial charge in [-0.3, -0.25) is 14.8 Å². The number of nitrogens with one attached hydrogen (secondary N) is 1. The summed E-state index contributed by atoms with van der Waals surface area (Å²) in [6, 6.07) is 3.87. The first-order valence-corrected chi connectivity index (χ1v) is 9.22. The maximum absolute atomic E-state index is 5.94. The highest BCUT2D eigenvalue weighted by Gasteiger charge is 2.16. The van der Waals surface area contributed by atoms with Gasteiger partial charge >= 0.3 is 0 Å². The van der Waals surface area contributed by atoms with Crippen LogP contribution in [0.4, 0.5) is 0 Å². The highest BCUT2D eigenvalue weighted by atomic mass is 15.3. The van der Waals surface area contributed by atoms with Crippen molar-refractivity contribution < 1.29 is 0 Å². The summed E-state index contributed by atoms with van der Waals surface area (Å²) in [5, 5.41) is 12.6. The molecule has 0 radical (unpaired) electrons. The average Bonchev–Trinajstić information content (AvgIpc) is 3.27. The number of H-pyrrole nitrogens is 1. The molecule has 8 nitrogen and oxygen atoms in total. The largest absolute Gasteiger partial charge is 0.402 e. The van der Waals surface area contributed by atoms with E-state index < -0.39 is 0 Å². The lowest BCUT2D eigenvalue weighted by molar-refractivity contribution is 0.797. The number of aromatic nitrogens is 5. The molecule has 0 bridgehead atoms. The van der Waals surface area contributed by atoms with Crippen LogP contribution in [-0.4, -0.2) is 37.2 Å². The van der Waals surface area contributed by atoms with Crippen LogP contribution in [0.2, 0.25) is 0 Å². The smallest absolute Gasteiger partial charge is 0.182 e. The Morgan fingerprint density at radius 1 is 1.28 bits per heavy atom. The van der Waals surface area contributed by atoms with E-state index in [9.17, 15) is 0 Å². The van der Waals surface area contributed by atoms with Crippen molar-refractivity contribution in [2.24, 2.45) is 23.5 Å². The van der Waals surface area contributed by atoms with Gasteiger partial charge in [0.05, 0.1) is 11.7 Å². The molecular formula is C21H26N8. The molecule has 8 heteroatoms. The molecule has 0 amide bonds. The van der Waals surface area contributed by atoms with E-state index in [-0.39, 0.29) is 0 Å². The number of hydrogen-bond acceptors (Lipinski definition) is 6. The lowest BCUT2D eigenvalue weighted by atomic mass is 10.0. The Hall–Kier alpha value is -3.68. The number of aryl methyl sites for hydroxylation is 1. The molecule has 0 saturated carbocycles. The second-order valence-corrected chi connectivity index (χ2v) is 7.12. The molecule has 2 aromatic heterocycles. The van der Waals surface area contributed by atoms with Crippen LogP contribution >= 0.6 is 0 Å². The molecule has 0 fully saturated rings. The minimum Gasteiger partial charge on any atom is -0.402 e. The van der Waals surface area contributed by atoms with Crippen molar-refractivity contribution in [3.8, 4) is 11.4 Å². The first-order valence-electron chi connectivity index (χ1n) is 9.22. The van der Waals surface area contributed by atoms with Crippen LogP contribution in [0.3, 0.4) is 0 Å². The van der Waals surface area contributed by atoms with Gasteiger partial charge < -0.3 is 11.5 Å². The predicted octanol–water partition coefficient (Wildman–Crippen LogP) is 2.91. The number of aliphatic imine (C=N–C) groups is 1. The third kappa shape index (κ3) is 4.43. The number of rotatable bonds is 7. The van der Waals surface area contributed by atoms with E-state index in [2.05, 4.69) is 38.4 Å². The van der Waals surface area contributed by atoms with E-state index in [0.29, 0.717) is 35.3 Å². The number of nitrogens with zero attached hydrogens (tertiary/aromatic N) is 5. The summed E-state index contributed by atoms with van der Waals surface area (Å²) in [7, 11) is 1.87. The van der Waals surface area contributed by atoms with Gasteiger partial charge in [-0.05, 0) is 44.0 Å². The van der Waals surface area contributed by atoms with Gasteiger partial charge in [-0.15, -0.1) is 6.58 Å². The molecule has 0 atom stereocenters. The third-order valence-electron chi connectivity index (χ3n) is 4.39. The maximum Gasteiger partial charge on any atom is 0.182 e. The van der Waals surface area contributed by atoms with Crippen molar-refractivity contribution in [1.29, 1.82) is 0 Å². The first-order chi connectivity index (χ1) is 13.8. The summed E-state index contributed by atoms with van der Waals surface area (Å²) >= 11 is 0. The second kappa shape index (κ2) is 8.14. The van der Waals surface area contributed by atoms with Crippen LogP contribution in [0.25, 0.3) is 28.0 Å². The van der Waals surface area contributed by atoms with Crippen LogP contribution < -0.4 is 11.5 Å². The standard InChI is InChI=1S/C21H26N8/c1-12(2)6-7-24-18(8-13(3)22)21-26-20(27-28-21)16-9-15(14(4)23)10-19-17(16)11-25-29(19)5/h8-11H,1,4,6-7,22-23H2,2-3,5H3,(H,26,27,28)/b13-8-,24-18?. The molecule has 0 saturated heterocycles. The van der Waals surface area contributed by atoms with Crippen LogP contribution in [0, 0.1) is 0 Å². The Labute approximate surface area is 169 Å². The Balaban J connectivity index is 2.07. The van der Waals surface area contributed by atoms with Crippen molar-refractivity contribution in [2.75, 3.05) is 6.54 Å². The Bertz CT molecular complexity index is 1140. The minimum absolute atomic E-state index is 0.467. The van der Waals surface area contributed by atoms with Crippen molar-refractivity contribution in [1.82, 2.24) is 25.0 Å². The van der Waals surface area contributed by atoms with Gasteiger partial charge in [0.25, 0.3) is 0 Å². The van der Waals surface area contributed by atoms with E-state index >= 15 is 0 Å². The molecule has 3 rings (SSSR count). The topological polar surface area (TPSA) is 124 Å². The van der Waals surface area contributed by atoms with Gasteiger partial charge in [0.2, 0.25) is 0 Å². The van der Waals surface area contributed by atoms with Crippen molar-refractivity contribution in [3.63, 3.8) is 0 Å². The summed E-state index contributed by atoms with van der Waals surface area (Å²) in [6.45, 7) is 12.1. The normalized spacial score (nSPS) is 12.5. The van der Waals surface area contributed by atoms with Gasteiger partial charge in [-0.1, -0.05) is 12.2 Å². The first kappa shape index (κ1) is 20.1. The SMILES string of the molecule is C=C(C)CCN=C(/C=C(/C)N)c1nc(-c2cc(C(=C)N)cc3c2cnn3C)n[nH]1. The van der Waals surface area contributed by atoms with Crippen LogP contribution in [0.15, 0.2) is 53.8 Å². The molecule has 0 unspecified atom stereocenters. The quantitative estimate of drug-likeness (QED) is 0.423. The molecule has 3 aromatic rings. The van der Waals surface area contributed by atoms with Gasteiger partial charge in [-0.25, -0.2) is 4.98 Å². The molecular weight excluding hydrogens is 364 g/mol. The Kier molecular flexibility index (Phi) is 5.63. The average molecular weight is 390 g/mol. The lowest BCUT2D eigenvalue weighted by Crippen LogP contribution is -2.05. The molecule has 29 heavy (non-hydrogen) atoms. The zero-order valence-electron chi connectivity index (χ0n) is 17.0. The number of hydrogen-bond donors (Lipinski definition) is 3. The van der Waals surface area contributed by atoms with Crippen molar-refractivity contribution in [3.05, 3.63) is 60.2 Å². The van der Waals surface area contributed by atoms with Gasteiger partial charge in [-0.2, -0.15) is 10.2 Å². The molecule has 0 aliphatic carbocycles. The van der Waals surface area contributed by atoms with Gasteiger partial charge in [0, 0.05) is 35.9 Å². The number of aromatic amines is 1. The zero-order valence-corrected chi connectivity index (χ0v) is 17.0. The van der Waals surface area contributed by atoms with Gasteiger partial charge in [0.15, 0.2) is 11.6 Å². The van der Waals surface area contributed by atoms with E-state index in [1.165, 1.54) is 0 Å². The maximum atomic E-state index is 5.94. The molecule has 2 heterocycles. The Morgan fingerprint density at radius 2 is 2.03 bits per heavy atom. The Morgan fingerprint density at radius 3 is 2.69 bits per heavy atom. The van der Waals surface area contributed by atoms with Crippen molar-refractivity contribution in [2.45, 2.75) is 20.3 Å². The molecule has 0 spiro atoms. The lowest BCUT2D eigenvalue weighted by Gasteiger charge is -2.05. The van der Waals surface area contributed by atoms with E-state index in [4.69, 9.17) is 11.5 Å². The highest BCUT2D eigenvalue weighted by Crippen LogP contribution is 2.29. The summed E-state index contributed by atoms with van der Waals surface area (Å²) < 4.78 is 1.78. The fraction of sp³-hybridized carbons (Fsp3) is 0.238. The van der Waals surface area contributed by atoms with E-state index in [1.54, 1.807) is 23.9 Å². The minimum atomic E-state index is 0.467. The summed E-state index contributed by atoms with van der Waals surface area (Å²) in [5.41, 5.74) is 17.2. The third-order valence-corrected chi connectivity index (χ3v) is 4.39. The van der Waals surface area contributed by atoms with Crippen LogP contribution in [-0.2, 0) is 7.05 Å².